The number of halogens is 1. The van der Waals surface area contributed by atoms with Gasteiger partial charge >= 0.3 is 6.03 Å². The number of benzene rings is 2. The van der Waals surface area contributed by atoms with Gasteiger partial charge in [-0.1, -0.05) is 17.7 Å². The number of hydrogen-bond acceptors (Lipinski definition) is 5. The van der Waals surface area contributed by atoms with Crippen LogP contribution in [0.15, 0.2) is 47.8 Å². The summed E-state index contributed by atoms with van der Waals surface area (Å²) in [6.45, 7) is 1.93. The summed E-state index contributed by atoms with van der Waals surface area (Å²) in [4.78, 5) is 28.7. The lowest BCUT2D eigenvalue weighted by atomic mass is 10.2. The maximum Gasteiger partial charge on any atom is 0.325 e. The second-order valence-corrected chi connectivity index (χ2v) is 7.45. The van der Waals surface area contributed by atoms with Crippen molar-refractivity contribution in [1.82, 2.24) is 4.98 Å². The fraction of sp³-hybridized carbons (Fsp3) is 0.150. The molecule has 29 heavy (non-hydrogen) atoms. The summed E-state index contributed by atoms with van der Waals surface area (Å²) in [5, 5.41) is 10.9. The fourth-order valence-corrected chi connectivity index (χ4v) is 3.35. The number of hydrogen-bond donors (Lipinski definition) is 3. The third-order valence-corrected chi connectivity index (χ3v) is 4.90. The third kappa shape index (κ3) is 5.94. The van der Waals surface area contributed by atoms with Crippen LogP contribution in [-0.4, -0.2) is 24.0 Å². The minimum atomic E-state index is -0.429. The number of aryl methyl sites for hydroxylation is 1. The van der Waals surface area contributed by atoms with Crippen molar-refractivity contribution in [1.29, 1.82) is 0 Å². The molecular formula is C20H19ClN4O3S. The molecule has 0 spiro atoms. The zero-order valence-electron chi connectivity index (χ0n) is 15.8. The first kappa shape index (κ1) is 20.6. The van der Waals surface area contributed by atoms with Crippen molar-refractivity contribution >= 4 is 51.4 Å². The van der Waals surface area contributed by atoms with Gasteiger partial charge in [0.2, 0.25) is 5.91 Å². The highest BCUT2D eigenvalue weighted by molar-refractivity contribution is 7.14. The molecule has 0 aliphatic rings. The number of nitrogens with one attached hydrogen (secondary N) is 3. The highest BCUT2D eigenvalue weighted by atomic mass is 35.5. The van der Waals surface area contributed by atoms with Crippen molar-refractivity contribution in [2.75, 3.05) is 23.1 Å². The first-order valence-corrected chi connectivity index (χ1v) is 9.91. The number of methoxy groups -OCH3 is 1. The van der Waals surface area contributed by atoms with Crippen molar-refractivity contribution in [3.63, 3.8) is 0 Å². The van der Waals surface area contributed by atoms with Crippen LogP contribution in [0.5, 0.6) is 5.75 Å². The number of rotatable bonds is 6. The molecule has 0 saturated heterocycles. The number of ether oxygens (including phenoxy) is 1. The van der Waals surface area contributed by atoms with E-state index in [1.807, 2.05) is 19.1 Å². The molecule has 0 aliphatic heterocycles. The molecule has 1 heterocycles. The van der Waals surface area contributed by atoms with E-state index in [2.05, 4.69) is 20.9 Å². The van der Waals surface area contributed by atoms with Crippen LogP contribution in [0, 0.1) is 6.92 Å². The molecule has 0 unspecified atom stereocenters. The van der Waals surface area contributed by atoms with Gasteiger partial charge in [0, 0.05) is 16.1 Å². The van der Waals surface area contributed by atoms with Crippen LogP contribution in [0.1, 0.15) is 11.3 Å². The Morgan fingerprint density at radius 3 is 2.59 bits per heavy atom. The Balaban J connectivity index is 1.55. The Kier molecular flexibility index (Phi) is 6.69. The average molecular weight is 431 g/mol. The number of carbonyl (C=O) groups excluding carboxylic acids is 2. The summed E-state index contributed by atoms with van der Waals surface area (Å²) in [5.41, 5.74) is 2.78. The van der Waals surface area contributed by atoms with Gasteiger partial charge in [0.1, 0.15) is 5.75 Å². The van der Waals surface area contributed by atoms with Crippen molar-refractivity contribution in [3.05, 3.63) is 64.1 Å². The maximum atomic E-state index is 12.3. The van der Waals surface area contributed by atoms with Gasteiger partial charge in [-0.2, -0.15) is 0 Å². The molecule has 0 atom stereocenters. The van der Waals surface area contributed by atoms with Gasteiger partial charge in [0.25, 0.3) is 0 Å². The number of carbonyl (C=O) groups is 2. The van der Waals surface area contributed by atoms with Gasteiger partial charge in [0.05, 0.1) is 24.9 Å². The predicted octanol–water partition coefficient (Wildman–Crippen LogP) is 4.94. The van der Waals surface area contributed by atoms with Crippen LogP contribution in [0.2, 0.25) is 5.02 Å². The lowest BCUT2D eigenvalue weighted by Gasteiger charge is -2.10. The Hall–Kier alpha value is -3.10. The summed E-state index contributed by atoms with van der Waals surface area (Å²) >= 11 is 7.06. The highest BCUT2D eigenvalue weighted by Crippen LogP contribution is 2.25. The molecule has 0 fully saturated rings. The van der Waals surface area contributed by atoms with E-state index in [0.717, 1.165) is 5.56 Å². The summed E-state index contributed by atoms with van der Waals surface area (Å²) in [6, 6.07) is 11.9. The zero-order chi connectivity index (χ0) is 20.8. The number of urea groups is 1. The highest BCUT2D eigenvalue weighted by Gasteiger charge is 2.12. The summed E-state index contributed by atoms with van der Waals surface area (Å²) in [7, 11) is 1.55. The number of nitrogens with zero attached hydrogens (tertiary/aromatic N) is 1. The standard InChI is InChI=1S/C20H19ClN4O3S/c1-12-3-8-17(28-2)16(9-12)24-18(26)10-15-11-29-20(23-15)25-19(27)22-14-6-4-13(21)5-7-14/h3-9,11H,10H2,1-2H3,(H,24,26)(H2,22,23,25,27). The molecule has 3 N–H and O–H groups in total. The second kappa shape index (κ2) is 9.40. The Labute approximate surface area is 177 Å². The van der Waals surface area contributed by atoms with Crippen LogP contribution in [0.25, 0.3) is 0 Å². The Morgan fingerprint density at radius 2 is 1.86 bits per heavy atom. The molecule has 7 nitrogen and oxygen atoms in total. The van der Waals surface area contributed by atoms with E-state index in [0.29, 0.717) is 33.0 Å². The van der Waals surface area contributed by atoms with E-state index in [-0.39, 0.29) is 12.3 Å². The number of thiazole rings is 1. The van der Waals surface area contributed by atoms with Gasteiger partial charge in [-0.3, -0.25) is 10.1 Å². The van der Waals surface area contributed by atoms with Crippen molar-refractivity contribution in [2.24, 2.45) is 0 Å². The van der Waals surface area contributed by atoms with Gasteiger partial charge < -0.3 is 15.4 Å². The normalized spacial score (nSPS) is 10.3. The Morgan fingerprint density at radius 1 is 1.10 bits per heavy atom. The number of amides is 3. The van der Waals surface area contributed by atoms with E-state index in [9.17, 15) is 9.59 Å². The summed E-state index contributed by atoms with van der Waals surface area (Å²) < 4.78 is 5.26. The molecule has 3 amide bonds. The smallest absolute Gasteiger partial charge is 0.325 e. The molecule has 3 rings (SSSR count). The van der Waals surface area contributed by atoms with Crippen LogP contribution in [0.3, 0.4) is 0 Å². The van der Waals surface area contributed by atoms with Crippen LogP contribution in [0.4, 0.5) is 21.3 Å². The topological polar surface area (TPSA) is 92.4 Å². The molecule has 150 valence electrons. The molecule has 0 bridgehead atoms. The molecular weight excluding hydrogens is 412 g/mol. The average Bonchev–Trinajstić information content (AvgIpc) is 3.10. The van der Waals surface area contributed by atoms with Crippen molar-refractivity contribution in [2.45, 2.75) is 13.3 Å². The van der Waals surface area contributed by atoms with E-state index < -0.39 is 6.03 Å². The fourth-order valence-electron chi connectivity index (χ4n) is 2.52. The first-order valence-electron chi connectivity index (χ1n) is 8.65. The third-order valence-electron chi connectivity index (χ3n) is 3.85. The predicted molar refractivity (Wildman–Crippen MR) is 116 cm³/mol. The number of anilines is 3. The molecule has 1 aromatic heterocycles. The second-order valence-electron chi connectivity index (χ2n) is 6.16. The largest absolute Gasteiger partial charge is 0.495 e. The molecule has 0 radical (unpaired) electrons. The summed E-state index contributed by atoms with van der Waals surface area (Å²) in [5.74, 6) is 0.361. The maximum absolute atomic E-state index is 12.3. The zero-order valence-corrected chi connectivity index (χ0v) is 17.4. The van der Waals surface area contributed by atoms with E-state index in [4.69, 9.17) is 16.3 Å². The van der Waals surface area contributed by atoms with Gasteiger partial charge in [0.15, 0.2) is 5.13 Å². The van der Waals surface area contributed by atoms with Crippen LogP contribution in [-0.2, 0) is 11.2 Å². The minimum absolute atomic E-state index is 0.0775. The van der Waals surface area contributed by atoms with E-state index in [1.165, 1.54) is 11.3 Å². The van der Waals surface area contributed by atoms with Crippen molar-refractivity contribution in [3.8, 4) is 5.75 Å². The van der Waals surface area contributed by atoms with Gasteiger partial charge in [-0.15, -0.1) is 11.3 Å². The van der Waals surface area contributed by atoms with Crippen LogP contribution >= 0.6 is 22.9 Å². The molecule has 0 aliphatic carbocycles. The quantitative estimate of drug-likeness (QED) is 0.516. The van der Waals surface area contributed by atoms with Crippen molar-refractivity contribution < 1.29 is 14.3 Å². The monoisotopic (exact) mass is 430 g/mol. The molecule has 3 aromatic rings. The first-order chi connectivity index (χ1) is 13.9. The molecule has 2 aromatic carbocycles. The van der Waals surface area contributed by atoms with Gasteiger partial charge in [-0.25, -0.2) is 9.78 Å². The molecule has 9 heteroatoms. The minimum Gasteiger partial charge on any atom is -0.495 e. The number of aromatic nitrogens is 1. The lowest BCUT2D eigenvalue weighted by Crippen LogP contribution is -2.19. The summed E-state index contributed by atoms with van der Waals surface area (Å²) in [6.07, 6.45) is 0.0775. The lowest BCUT2D eigenvalue weighted by molar-refractivity contribution is -0.115. The van der Waals surface area contributed by atoms with Gasteiger partial charge in [-0.05, 0) is 48.9 Å². The molecule has 0 saturated carbocycles. The Bertz CT molecular complexity index is 1020. The van der Waals surface area contributed by atoms with E-state index in [1.54, 1.807) is 42.8 Å². The van der Waals surface area contributed by atoms with E-state index >= 15 is 0 Å². The SMILES string of the molecule is COc1ccc(C)cc1NC(=O)Cc1csc(NC(=O)Nc2ccc(Cl)cc2)n1. The van der Waals surface area contributed by atoms with Crippen LogP contribution < -0.4 is 20.7 Å².